The highest BCUT2D eigenvalue weighted by atomic mass is 79.9. The number of hydrogen-bond donors (Lipinski definition) is 2. The zero-order valence-corrected chi connectivity index (χ0v) is 13.3. The van der Waals surface area contributed by atoms with Crippen molar-refractivity contribution in [1.29, 1.82) is 0 Å². The van der Waals surface area contributed by atoms with Crippen LogP contribution in [0, 0.1) is 0 Å². The van der Waals surface area contributed by atoms with Gasteiger partial charge in [-0.25, -0.2) is 4.98 Å². The summed E-state index contributed by atoms with van der Waals surface area (Å²) in [5, 5.41) is 3.31. The van der Waals surface area contributed by atoms with E-state index in [0.717, 1.165) is 21.3 Å². The number of aromatic nitrogens is 1. The molecule has 0 fully saturated rings. The number of anilines is 1. The fourth-order valence-corrected chi connectivity index (χ4v) is 2.25. The maximum atomic E-state index is 5.72. The van der Waals surface area contributed by atoms with E-state index in [0.29, 0.717) is 17.4 Å². The predicted molar refractivity (Wildman–Crippen MR) is 88.1 cm³/mol. The Balaban J connectivity index is 2.13. The van der Waals surface area contributed by atoms with Gasteiger partial charge in [0.1, 0.15) is 4.99 Å². The maximum absolute atomic E-state index is 5.72. The van der Waals surface area contributed by atoms with Gasteiger partial charge in [-0.05, 0) is 23.8 Å². The molecule has 0 saturated heterocycles. The lowest BCUT2D eigenvalue weighted by molar-refractivity contribution is 0.397. The first-order chi connectivity index (χ1) is 9.60. The first-order valence-electron chi connectivity index (χ1n) is 5.92. The first-order valence-corrected chi connectivity index (χ1v) is 7.12. The van der Waals surface area contributed by atoms with Gasteiger partial charge in [0.15, 0.2) is 0 Å². The molecule has 0 radical (unpaired) electrons. The second kappa shape index (κ2) is 6.67. The van der Waals surface area contributed by atoms with Gasteiger partial charge in [0.2, 0.25) is 5.88 Å². The van der Waals surface area contributed by atoms with Crippen LogP contribution in [-0.2, 0) is 6.54 Å². The average molecular weight is 352 g/mol. The number of methoxy groups -OCH3 is 1. The maximum Gasteiger partial charge on any atom is 0.212 e. The molecule has 0 saturated carbocycles. The van der Waals surface area contributed by atoms with Crippen LogP contribution in [0.3, 0.4) is 0 Å². The molecule has 104 valence electrons. The molecule has 0 aliphatic heterocycles. The summed E-state index contributed by atoms with van der Waals surface area (Å²) in [5.74, 6) is 0.597. The number of nitrogens with zero attached hydrogens (tertiary/aromatic N) is 1. The second-order valence-electron chi connectivity index (χ2n) is 4.12. The van der Waals surface area contributed by atoms with Crippen molar-refractivity contribution in [2.24, 2.45) is 5.73 Å². The third kappa shape index (κ3) is 3.68. The minimum Gasteiger partial charge on any atom is -0.481 e. The molecule has 0 aliphatic carbocycles. The van der Waals surface area contributed by atoms with Gasteiger partial charge in [-0.1, -0.05) is 34.2 Å². The minimum atomic E-state index is 0.368. The van der Waals surface area contributed by atoms with Gasteiger partial charge in [-0.2, -0.15) is 0 Å². The Labute approximate surface area is 131 Å². The number of thiocarbonyl (C=S) groups is 1. The number of benzene rings is 1. The van der Waals surface area contributed by atoms with E-state index in [1.807, 2.05) is 30.3 Å². The lowest BCUT2D eigenvalue weighted by Crippen LogP contribution is -2.13. The highest BCUT2D eigenvalue weighted by Gasteiger charge is 2.06. The molecule has 3 N–H and O–H groups in total. The summed E-state index contributed by atoms with van der Waals surface area (Å²) in [6.45, 7) is 0.628. The fourth-order valence-electron chi connectivity index (χ4n) is 1.71. The third-order valence-corrected chi connectivity index (χ3v) is 3.45. The minimum absolute atomic E-state index is 0.368. The number of ether oxygens (including phenoxy) is 1. The van der Waals surface area contributed by atoms with Gasteiger partial charge in [0, 0.05) is 34.5 Å². The average Bonchev–Trinajstić information content (AvgIpc) is 2.45. The van der Waals surface area contributed by atoms with Crippen molar-refractivity contribution in [3.8, 4) is 5.88 Å². The largest absolute Gasteiger partial charge is 0.481 e. The van der Waals surface area contributed by atoms with Gasteiger partial charge in [0.05, 0.1) is 7.11 Å². The molecular formula is C14H14BrN3OS. The zero-order chi connectivity index (χ0) is 14.5. The summed E-state index contributed by atoms with van der Waals surface area (Å²) in [7, 11) is 1.59. The molecule has 0 atom stereocenters. The number of hydrogen-bond acceptors (Lipinski definition) is 4. The van der Waals surface area contributed by atoms with Gasteiger partial charge in [0.25, 0.3) is 0 Å². The van der Waals surface area contributed by atoms with Crippen molar-refractivity contribution in [1.82, 2.24) is 4.98 Å². The van der Waals surface area contributed by atoms with Crippen LogP contribution in [0.4, 0.5) is 5.69 Å². The van der Waals surface area contributed by atoms with E-state index in [2.05, 4.69) is 26.2 Å². The third-order valence-electron chi connectivity index (χ3n) is 2.74. The number of halogens is 1. The highest BCUT2D eigenvalue weighted by molar-refractivity contribution is 9.10. The Hall–Kier alpha value is -1.66. The Morgan fingerprint density at radius 1 is 1.40 bits per heavy atom. The van der Waals surface area contributed by atoms with E-state index in [4.69, 9.17) is 22.7 Å². The van der Waals surface area contributed by atoms with Crippen molar-refractivity contribution < 1.29 is 4.74 Å². The lowest BCUT2D eigenvalue weighted by atomic mass is 10.1. The molecule has 0 unspecified atom stereocenters. The zero-order valence-electron chi connectivity index (χ0n) is 10.9. The standard InChI is InChI=1S/C14H14BrN3OS/c1-19-13-5-2-9(8-18-13)7-17-12-6-10(15)3-4-11(12)14(16)20/h2-6,8,17H,7H2,1H3,(H2,16,20). The van der Waals surface area contributed by atoms with E-state index in [1.54, 1.807) is 13.3 Å². The second-order valence-corrected chi connectivity index (χ2v) is 5.47. The first kappa shape index (κ1) is 14.7. The summed E-state index contributed by atoms with van der Waals surface area (Å²) < 4.78 is 5.99. The molecule has 1 heterocycles. The molecular weight excluding hydrogens is 338 g/mol. The van der Waals surface area contributed by atoms with Gasteiger partial charge in [-0.3, -0.25) is 0 Å². The molecule has 0 aliphatic rings. The number of nitrogens with two attached hydrogens (primary N) is 1. The Kier molecular flexibility index (Phi) is 4.92. The molecule has 0 amide bonds. The van der Waals surface area contributed by atoms with E-state index in [9.17, 15) is 0 Å². The molecule has 1 aromatic heterocycles. The van der Waals surface area contributed by atoms with Crippen LogP contribution < -0.4 is 15.8 Å². The Morgan fingerprint density at radius 2 is 2.20 bits per heavy atom. The fraction of sp³-hybridized carbons (Fsp3) is 0.143. The number of rotatable bonds is 5. The van der Waals surface area contributed by atoms with E-state index in [-0.39, 0.29) is 0 Å². The highest BCUT2D eigenvalue weighted by Crippen LogP contribution is 2.22. The van der Waals surface area contributed by atoms with Crippen molar-refractivity contribution in [3.05, 3.63) is 52.1 Å². The molecule has 6 heteroatoms. The van der Waals surface area contributed by atoms with Crippen molar-refractivity contribution in [3.63, 3.8) is 0 Å². The van der Waals surface area contributed by atoms with Crippen LogP contribution in [0.25, 0.3) is 0 Å². The SMILES string of the molecule is COc1ccc(CNc2cc(Br)ccc2C(N)=S)cn1. The van der Waals surface area contributed by atoms with Crippen molar-refractivity contribution in [2.45, 2.75) is 6.54 Å². The monoisotopic (exact) mass is 351 g/mol. The van der Waals surface area contributed by atoms with Crippen LogP contribution in [0.15, 0.2) is 41.0 Å². The van der Waals surface area contributed by atoms with Crippen LogP contribution in [0.2, 0.25) is 0 Å². The lowest BCUT2D eigenvalue weighted by Gasteiger charge is -2.12. The van der Waals surface area contributed by atoms with Gasteiger partial charge in [-0.15, -0.1) is 0 Å². The predicted octanol–water partition coefficient (Wildman–Crippen LogP) is 3.10. The van der Waals surface area contributed by atoms with Crippen LogP contribution in [0.5, 0.6) is 5.88 Å². The number of pyridine rings is 1. The summed E-state index contributed by atoms with van der Waals surface area (Å²) in [5.41, 5.74) is 8.48. The molecule has 0 bridgehead atoms. The quantitative estimate of drug-likeness (QED) is 0.810. The van der Waals surface area contributed by atoms with E-state index < -0.39 is 0 Å². The molecule has 20 heavy (non-hydrogen) atoms. The van der Waals surface area contributed by atoms with Gasteiger partial charge < -0.3 is 15.8 Å². The molecule has 2 rings (SSSR count). The molecule has 0 spiro atoms. The molecule has 2 aromatic rings. The Morgan fingerprint density at radius 3 is 2.80 bits per heavy atom. The summed E-state index contributed by atoms with van der Waals surface area (Å²) in [4.78, 5) is 4.53. The van der Waals surface area contributed by atoms with Crippen molar-refractivity contribution >= 4 is 38.8 Å². The van der Waals surface area contributed by atoms with Crippen LogP contribution in [-0.4, -0.2) is 17.1 Å². The van der Waals surface area contributed by atoms with Crippen LogP contribution in [0.1, 0.15) is 11.1 Å². The smallest absolute Gasteiger partial charge is 0.212 e. The summed E-state index contributed by atoms with van der Waals surface area (Å²) >= 11 is 8.49. The molecule has 1 aromatic carbocycles. The molecule has 4 nitrogen and oxygen atoms in total. The van der Waals surface area contributed by atoms with Crippen molar-refractivity contribution in [2.75, 3.05) is 12.4 Å². The van der Waals surface area contributed by atoms with Gasteiger partial charge >= 0.3 is 0 Å². The topological polar surface area (TPSA) is 60.2 Å². The van der Waals surface area contributed by atoms with E-state index >= 15 is 0 Å². The van der Waals surface area contributed by atoms with Crippen LogP contribution >= 0.6 is 28.1 Å². The van der Waals surface area contributed by atoms with E-state index in [1.165, 1.54) is 0 Å². The Bertz CT molecular complexity index is 616. The summed E-state index contributed by atoms with van der Waals surface area (Å²) in [6, 6.07) is 9.53. The normalized spacial score (nSPS) is 10.1. The number of nitrogens with one attached hydrogen (secondary N) is 1. The summed E-state index contributed by atoms with van der Waals surface area (Å²) in [6.07, 6.45) is 1.77.